The summed E-state index contributed by atoms with van der Waals surface area (Å²) in [6, 6.07) is 8.52. The lowest BCUT2D eigenvalue weighted by Gasteiger charge is -2.32. The molecule has 0 aliphatic carbocycles. The maximum absolute atomic E-state index is 5.95. The molecule has 0 spiro atoms. The van der Waals surface area contributed by atoms with E-state index in [1.54, 1.807) is 0 Å². The Labute approximate surface area is 127 Å². The van der Waals surface area contributed by atoms with Gasteiger partial charge in [-0.1, -0.05) is 23.7 Å². The number of rotatable bonds is 6. The van der Waals surface area contributed by atoms with Gasteiger partial charge in [-0.2, -0.15) is 0 Å². The highest BCUT2D eigenvalue weighted by Crippen LogP contribution is 2.20. The monoisotopic (exact) mass is 296 g/mol. The van der Waals surface area contributed by atoms with E-state index in [0.29, 0.717) is 12.1 Å². The summed E-state index contributed by atoms with van der Waals surface area (Å²) >= 11 is 5.95. The summed E-state index contributed by atoms with van der Waals surface area (Å²) in [5.41, 5.74) is 1.30. The third kappa shape index (κ3) is 4.45. The van der Waals surface area contributed by atoms with Gasteiger partial charge in [-0.15, -0.1) is 0 Å². The summed E-state index contributed by atoms with van der Waals surface area (Å²) in [5.74, 6) is 0. The highest BCUT2D eigenvalue weighted by Gasteiger charge is 2.20. The number of hydrogen-bond donors (Lipinski definition) is 1. The molecule has 2 rings (SSSR count). The molecule has 1 aliphatic rings. The molecule has 0 aromatic heterocycles. The van der Waals surface area contributed by atoms with E-state index in [1.165, 1.54) is 24.9 Å². The molecule has 2 atom stereocenters. The quantitative estimate of drug-likeness (QED) is 0.873. The van der Waals surface area contributed by atoms with Gasteiger partial charge in [-0.05, 0) is 50.6 Å². The maximum atomic E-state index is 5.95. The van der Waals surface area contributed by atoms with E-state index < -0.39 is 0 Å². The van der Waals surface area contributed by atoms with Crippen molar-refractivity contribution in [3.05, 3.63) is 34.9 Å². The average Bonchev–Trinajstić information content (AvgIpc) is 2.50. The predicted molar refractivity (Wildman–Crippen MR) is 84.3 cm³/mol. The Bertz CT molecular complexity index is 396. The number of likely N-dealkylation sites (tertiary alicyclic amines) is 1. The SMILES string of the molecule is CNC(CCN1CCCC(OC)C1)c1ccc(Cl)cc1. The zero-order valence-corrected chi connectivity index (χ0v) is 13.2. The van der Waals surface area contributed by atoms with E-state index >= 15 is 0 Å². The Morgan fingerprint density at radius 1 is 1.40 bits per heavy atom. The molecule has 2 unspecified atom stereocenters. The van der Waals surface area contributed by atoms with E-state index in [1.807, 2.05) is 26.3 Å². The van der Waals surface area contributed by atoms with Gasteiger partial charge in [0, 0.05) is 31.3 Å². The molecule has 0 bridgehead atoms. The van der Waals surface area contributed by atoms with Crippen LogP contribution in [0.5, 0.6) is 0 Å². The molecule has 1 aliphatic heterocycles. The summed E-state index contributed by atoms with van der Waals surface area (Å²) < 4.78 is 5.48. The minimum Gasteiger partial charge on any atom is -0.380 e. The average molecular weight is 297 g/mol. The van der Waals surface area contributed by atoms with Crippen molar-refractivity contribution in [3.8, 4) is 0 Å². The second-order valence-electron chi connectivity index (χ2n) is 5.48. The molecular formula is C16H25ClN2O. The summed E-state index contributed by atoms with van der Waals surface area (Å²) in [7, 11) is 3.84. The first-order valence-corrected chi connectivity index (χ1v) is 7.78. The van der Waals surface area contributed by atoms with Gasteiger partial charge in [-0.3, -0.25) is 0 Å². The van der Waals surface area contributed by atoms with Crippen LogP contribution >= 0.6 is 11.6 Å². The van der Waals surface area contributed by atoms with Crippen LogP contribution in [0.1, 0.15) is 30.9 Å². The van der Waals surface area contributed by atoms with Crippen molar-refractivity contribution in [1.29, 1.82) is 0 Å². The molecule has 0 radical (unpaired) electrons. The van der Waals surface area contributed by atoms with Crippen molar-refractivity contribution in [1.82, 2.24) is 10.2 Å². The Balaban J connectivity index is 1.85. The van der Waals surface area contributed by atoms with Crippen LogP contribution in [0.3, 0.4) is 0 Å². The zero-order valence-electron chi connectivity index (χ0n) is 12.4. The first kappa shape index (κ1) is 15.8. The van der Waals surface area contributed by atoms with Gasteiger partial charge in [0.25, 0.3) is 0 Å². The molecule has 1 aromatic carbocycles. The summed E-state index contributed by atoms with van der Waals surface area (Å²) in [5, 5.41) is 4.20. The highest BCUT2D eigenvalue weighted by molar-refractivity contribution is 6.30. The summed E-state index contributed by atoms with van der Waals surface area (Å²) in [6.45, 7) is 3.36. The molecular weight excluding hydrogens is 272 g/mol. The minimum atomic E-state index is 0.384. The fraction of sp³-hybridized carbons (Fsp3) is 0.625. The van der Waals surface area contributed by atoms with Crippen LogP contribution in [-0.2, 0) is 4.74 Å². The third-order valence-corrected chi connectivity index (χ3v) is 4.40. The largest absolute Gasteiger partial charge is 0.380 e. The van der Waals surface area contributed by atoms with Gasteiger partial charge >= 0.3 is 0 Å². The number of benzene rings is 1. The molecule has 112 valence electrons. The predicted octanol–water partition coefficient (Wildman–Crippen LogP) is 3.10. The summed E-state index contributed by atoms with van der Waals surface area (Å²) in [4.78, 5) is 2.51. The van der Waals surface area contributed by atoms with Gasteiger partial charge in [0.2, 0.25) is 0 Å². The molecule has 0 saturated carbocycles. The highest BCUT2D eigenvalue weighted by atomic mass is 35.5. The Kier molecular flexibility index (Phi) is 6.30. The van der Waals surface area contributed by atoms with Crippen molar-refractivity contribution in [3.63, 3.8) is 0 Å². The van der Waals surface area contributed by atoms with E-state index in [-0.39, 0.29) is 0 Å². The fourth-order valence-electron chi connectivity index (χ4n) is 2.89. The van der Waals surface area contributed by atoms with Crippen LogP contribution in [-0.4, -0.2) is 44.8 Å². The van der Waals surface area contributed by atoms with E-state index in [4.69, 9.17) is 16.3 Å². The van der Waals surface area contributed by atoms with Crippen molar-refractivity contribution in [2.45, 2.75) is 31.4 Å². The Hall–Kier alpha value is -0.610. The number of halogens is 1. The lowest BCUT2D eigenvalue weighted by molar-refractivity contribution is 0.0302. The van der Waals surface area contributed by atoms with E-state index in [0.717, 1.165) is 24.5 Å². The molecule has 4 heteroatoms. The van der Waals surface area contributed by atoms with E-state index in [9.17, 15) is 0 Å². The second kappa shape index (κ2) is 7.99. The van der Waals surface area contributed by atoms with Gasteiger partial charge < -0.3 is 15.0 Å². The van der Waals surface area contributed by atoms with Crippen LogP contribution < -0.4 is 5.32 Å². The first-order valence-electron chi connectivity index (χ1n) is 7.41. The topological polar surface area (TPSA) is 24.5 Å². The Morgan fingerprint density at radius 2 is 2.15 bits per heavy atom. The van der Waals surface area contributed by atoms with Crippen LogP contribution in [0.4, 0.5) is 0 Å². The van der Waals surface area contributed by atoms with E-state index in [2.05, 4.69) is 22.3 Å². The number of ether oxygens (including phenoxy) is 1. The van der Waals surface area contributed by atoms with Crippen LogP contribution in [0, 0.1) is 0 Å². The van der Waals surface area contributed by atoms with Crippen LogP contribution in [0.15, 0.2) is 24.3 Å². The van der Waals surface area contributed by atoms with Crippen molar-refractivity contribution in [2.24, 2.45) is 0 Å². The molecule has 20 heavy (non-hydrogen) atoms. The number of hydrogen-bond acceptors (Lipinski definition) is 3. The second-order valence-corrected chi connectivity index (χ2v) is 5.92. The number of nitrogens with one attached hydrogen (secondary N) is 1. The van der Waals surface area contributed by atoms with Gasteiger partial charge in [0.1, 0.15) is 0 Å². The van der Waals surface area contributed by atoms with Gasteiger partial charge in [-0.25, -0.2) is 0 Å². The molecule has 0 amide bonds. The summed E-state index contributed by atoms with van der Waals surface area (Å²) in [6.07, 6.45) is 3.95. The lowest BCUT2D eigenvalue weighted by Crippen LogP contribution is -2.40. The standard InChI is InChI=1S/C16H25ClN2O/c1-18-16(13-5-7-14(17)8-6-13)9-11-19-10-3-4-15(12-19)20-2/h5-8,15-16,18H,3-4,9-12H2,1-2H3. The fourth-order valence-corrected chi connectivity index (χ4v) is 3.02. The zero-order chi connectivity index (χ0) is 14.4. The lowest BCUT2D eigenvalue weighted by atomic mass is 10.0. The molecule has 3 nitrogen and oxygen atoms in total. The molecule has 1 fully saturated rings. The number of nitrogens with zero attached hydrogens (tertiary/aromatic N) is 1. The van der Waals surface area contributed by atoms with Gasteiger partial charge in [0.15, 0.2) is 0 Å². The van der Waals surface area contributed by atoms with Crippen LogP contribution in [0.2, 0.25) is 5.02 Å². The third-order valence-electron chi connectivity index (χ3n) is 4.15. The normalized spacial score (nSPS) is 21.9. The van der Waals surface area contributed by atoms with Gasteiger partial charge in [0.05, 0.1) is 6.10 Å². The van der Waals surface area contributed by atoms with Crippen molar-refractivity contribution < 1.29 is 4.74 Å². The van der Waals surface area contributed by atoms with Crippen molar-refractivity contribution >= 4 is 11.6 Å². The van der Waals surface area contributed by atoms with Crippen molar-refractivity contribution in [2.75, 3.05) is 33.8 Å². The molecule has 1 saturated heterocycles. The van der Waals surface area contributed by atoms with Crippen LogP contribution in [0.25, 0.3) is 0 Å². The Morgan fingerprint density at radius 3 is 2.80 bits per heavy atom. The molecule has 1 N–H and O–H groups in total. The minimum absolute atomic E-state index is 0.384. The molecule has 1 heterocycles. The number of piperidine rings is 1. The molecule has 1 aromatic rings. The first-order chi connectivity index (χ1) is 9.72. The smallest absolute Gasteiger partial charge is 0.0698 e. The maximum Gasteiger partial charge on any atom is 0.0698 e. The number of methoxy groups -OCH3 is 1.